The lowest BCUT2D eigenvalue weighted by Crippen LogP contribution is -2.46. The molecular formula is C14H24ClN3O2. The van der Waals surface area contributed by atoms with Gasteiger partial charge < -0.3 is 14.7 Å². The van der Waals surface area contributed by atoms with Gasteiger partial charge in [-0.1, -0.05) is 19.0 Å². The first-order valence-corrected chi connectivity index (χ1v) is 7.08. The van der Waals surface area contributed by atoms with Crippen molar-refractivity contribution < 1.29 is 9.32 Å². The second kappa shape index (κ2) is 7.64. The number of carbonyl (C=O) groups is 1. The number of likely N-dealkylation sites (tertiary alicyclic amines) is 1. The van der Waals surface area contributed by atoms with E-state index in [4.69, 9.17) is 4.52 Å². The van der Waals surface area contributed by atoms with Gasteiger partial charge >= 0.3 is 0 Å². The summed E-state index contributed by atoms with van der Waals surface area (Å²) in [5.41, 5.74) is 0.869. The largest absolute Gasteiger partial charge is 0.351 e. The topological polar surface area (TPSA) is 58.4 Å². The zero-order valence-electron chi connectivity index (χ0n) is 12.4. The lowest BCUT2D eigenvalue weighted by Gasteiger charge is -2.31. The van der Waals surface area contributed by atoms with Crippen molar-refractivity contribution in [1.29, 1.82) is 0 Å². The van der Waals surface area contributed by atoms with Gasteiger partial charge in [-0.05, 0) is 26.3 Å². The van der Waals surface area contributed by atoms with Crippen LogP contribution in [-0.4, -0.2) is 42.1 Å². The predicted molar refractivity (Wildman–Crippen MR) is 80.4 cm³/mol. The van der Waals surface area contributed by atoms with E-state index in [2.05, 4.69) is 24.3 Å². The highest BCUT2D eigenvalue weighted by Gasteiger charge is 2.26. The van der Waals surface area contributed by atoms with Gasteiger partial charge in [0.1, 0.15) is 0 Å². The van der Waals surface area contributed by atoms with E-state index in [9.17, 15) is 4.79 Å². The summed E-state index contributed by atoms with van der Waals surface area (Å²) >= 11 is 0. The minimum Gasteiger partial charge on any atom is -0.351 e. The number of carbonyl (C=O) groups excluding carboxylic acids is 1. The number of piperidine rings is 1. The summed E-state index contributed by atoms with van der Waals surface area (Å²) in [6.07, 6.45) is 3.14. The molecule has 0 radical (unpaired) electrons. The van der Waals surface area contributed by atoms with Crippen LogP contribution in [0.15, 0.2) is 10.6 Å². The molecule has 1 aliphatic rings. The second-order valence-electron chi connectivity index (χ2n) is 5.30. The molecule has 20 heavy (non-hydrogen) atoms. The van der Waals surface area contributed by atoms with Crippen LogP contribution in [0.1, 0.15) is 55.3 Å². The molecule has 2 unspecified atom stereocenters. The Balaban J connectivity index is 0.00000200. The average molecular weight is 302 g/mol. The summed E-state index contributed by atoms with van der Waals surface area (Å²) < 4.78 is 5.21. The van der Waals surface area contributed by atoms with Gasteiger partial charge in [-0.3, -0.25) is 4.79 Å². The number of hydrogen-bond acceptors (Lipinski definition) is 4. The summed E-state index contributed by atoms with van der Waals surface area (Å²) in [5, 5.41) is 7.24. The Morgan fingerprint density at radius 3 is 3.05 bits per heavy atom. The highest BCUT2D eigenvalue weighted by molar-refractivity contribution is 5.91. The first kappa shape index (κ1) is 17.0. The van der Waals surface area contributed by atoms with Crippen LogP contribution in [0, 0.1) is 0 Å². The van der Waals surface area contributed by atoms with Crippen LogP contribution in [-0.2, 0) is 0 Å². The van der Waals surface area contributed by atoms with Crippen LogP contribution in [0.3, 0.4) is 0 Å². The minimum absolute atomic E-state index is 0. The molecule has 1 fully saturated rings. The molecule has 114 valence electrons. The van der Waals surface area contributed by atoms with E-state index >= 15 is 0 Å². The summed E-state index contributed by atoms with van der Waals surface area (Å²) in [4.78, 5) is 14.2. The Hall–Kier alpha value is -1.07. The van der Waals surface area contributed by atoms with Gasteiger partial charge in [0.15, 0.2) is 0 Å². The summed E-state index contributed by atoms with van der Waals surface area (Å²) in [7, 11) is 1.94. The molecule has 2 atom stereocenters. The van der Waals surface area contributed by atoms with Crippen molar-refractivity contribution in [3.05, 3.63) is 17.5 Å². The Bertz CT molecular complexity index is 436. The first-order valence-electron chi connectivity index (χ1n) is 7.08. The second-order valence-corrected chi connectivity index (χ2v) is 5.30. The van der Waals surface area contributed by atoms with Crippen LogP contribution < -0.4 is 5.32 Å². The number of halogens is 1. The van der Waals surface area contributed by atoms with Gasteiger partial charge in [-0.2, -0.15) is 0 Å². The monoisotopic (exact) mass is 301 g/mol. The predicted octanol–water partition coefficient (Wildman–Crippen LogP) is 2.43. The van der Waals surface area contributed by atoms with E-state index in [0.29, 0.717) is 17.7 Å². The standard InChI is InChI=1S/C14H23N3O2.ClH/c1-4-10(2)12-8-13(19-16-12)14(18)17-7-5-6-11(9-17)15-3;/h8,10-11,15H,4-7,9H2,1-3H3;1H. The molecule has 0 saturated carbocycles. The van der Waals surface area contributed by atoms with E-state index in [0.717, 1.165) is 38.0 Å². The molecule has 1 aromatic rings. The van der Waals surface area contributed by atoms with Crippen LogP contribution in [0.5, 0.6) is 0 Å². The lowest BCUT2D eigenvalue weighted by atomic mass is 10.0. The number of amides is 1. The fraction of sp³-hybridized carbons (Fsp3) is 0.714. The van der Waals surface area contributed by atoms with Crippen LogP contribution in [0.4, 0.5) is 0 Å². The van der Waals surface area contributed by atoms with Crippen molar-refractivity contribution in [1.82, 2.24) is 15.4 Å². The maximum absolute atomic E-state index is 12.3. The quantitative estimate of drug-likeness (QED) is 0.928. The van der Waals surface area contributed by atoms with E-state index in [-0.39, 0.29) is 18.3 Å². The number of aromatic nitrogens is 1. The van der Waals surface area contributed by atoms with Crippen molar-refractivity contribution in [3.63, 3.8) is 0 Å². The maximum Gasteiger partial charge on any atom is 0.292 e. The lowest BCUT2D eigenvalue weighted by molar-refractivity contribution is 0.0656. The third kappa shape index (κ3) is 3.73. The van der Waals surface area contributed by atoms with E-state index in [1.807, 2.05) is 11.9 Å². The summed E-state index contributed by atoms with van der Waals surface area (Å²) in [5.74, 6) is 0.658. The van der Waals surface area contributed by atoms with Gasteiger partial charge in [-0.25, -0.2) is 0 Å². The van der Waals surface area contributed by atoms with E-state index in [1.54, 1.807) is 6.07 Å². The van der Waals surface area contributed by atoms with Crippen molar-refractivity contribution in [2.45, 2.75) is 45.1 Å². The maximum atomic E-state index is 12.3. The molecule has 1 aliphatic heterocycles. The Morgan fingerprint density at radius 2 is 2.40 bits per heavy atom. The number of nitrogens with zero attached hydrogens (tertiary/aromatic N) is 2. The Kier molecular flexibility index (Phi) is 6.49. The minimum atomic E-state index is -0.0398. The van der Waals surface area contributed by atoms with E-state index < -0.39 is 0 Å². The number of nitrogens with one attached hydrogen (secondary N) is 1. The van der Waals surface area contributed by atoms with Gasteiger partial charge in [-0.15, -0.1) is 12.4 Å². The van der Waals surface area contributed by atoms with Crippen molar-refractivity contribution in [2.24, 2.45) is 0 Å². The van der Waals surface area contributed by atoms with Gasteiger partial charge in [0.25, 0.3) is 5.91 Å². The van der Waals surface area contributed by atoms with Crippen LogP contribution >= 0.6 is 12.4 Å². The molecule has 0 bridgehead atoms. The van der Waals surface area contributed by atoms with Crippen molar-refractivity contribution in [3.8, 4) is 0 Å². The highest BCUT2D eigenvalue weighted by atomic mass is 35.5. The highest BCUT2D eigenvalue weighted by Crippen LogP contribution is 2.20. The van der Waals surface area contributed by atoms with Gasteiger partial charge in [0.05, 0.1) is 5.69 Å². The number of hydrogen-bond donors (Lipinski definition) is 1. The molecule has 2 heterocycles. The molecule has 2 rings (SSSR count). The average Bonchev–Trinajstić information content (AvgIpc) is 2.95. The van der Waals surface area contributed by atoms with E-state index in [1.165, 1.54) is 0 Å². The smallest absolute Gasteiger partial charge is 0.292 e. The zero-order chi connectivity index (χ0) is 13.8. The van der Waals surface area contributed by atoms with Gasteiger partial charge in [0, 0.05) is 31.1 Å². The molecular weight excluding hydrogens is 278 g/mol. The number of likely N-dealkylation sites (N-methyl/N-ethyl adjacent to an activating group) is 1. The molecule has 1 amide bonds. The fourth-order valence-corrected chi connectivity index (χ4v) is 2.38. The van der Waals surface area contributed by atoms with Crippen LogP contribution in [0.25, 0.3) is 0 Å². The zero-order valence-corrected chi connectivity index (χ0v) is 13.2. The molecule has 5 nitrogen and oxygen atoms in total. The summed E-state index contributed by atoms with van der Waals surface area (Å²) in [6.45, 7) is 5.73. The normalized spacial score (nSPS) is 20.4. The third-order valence-corrected chi connectivity index (χ3v) is 3.97. The molecule has 1 saturated heterocycles. The molecule has 0 spiro atoms. The molecule has 6 heteroatoms. The van der Waals surface area contributed by atoms with Crippen molar-refractivity contribution in [2.75, 3.05) is 20.1 Å². The Morgan fingerprint density at radius 1 is 1.65 bits per heavy atom. The molecule has 0 aliphatic carbocycles. The van der Waals surface area contributed by atoms with Crippen molar-refractivity contribution >= 4 is 18.3 Å². The van der Waals surface area contributed by atoms with Gasteiger partial charge in [0.2, 0.25) is 5.76 Å². The SMILES string of the molecule is CCC(C)c1cc(C(=O)N2CCCC(NC)C2)on1.Cl. The first-order chi connectivity index (χ1) is 9.15. The Labute approximate surface area is 126 Å². The fourth-order valence-electron chi connectivity index (χ4n) is 2.38. The summed E-state index contributed by atoms with van der Waals surface area (Å²) in [6, 6.07) is 2.18. The molecule has 1 N–H and O–H groups in total. The third-order valence-electron chi connectivity index (χ3n) is 3.97. The number of rotatable bonds is 4. The van der Waals surface area contributed by atoms with Crippen LogP contribution in [0.2, 0.25) is 0 Å². The molecule has 1 aromatic heterocycles. The molecule has 0 aromatic carbocycles.